The van der Waals surface area contributed by atoms with E-state index in [9.17, 15) is 5.11 Å². The van der Waals surface area contributed by atoms with Crippen LogP contribution in [0.5, 0.6) is 11.5 Å². The van der Waals surface area contributed by atoms with Crippen LogP contribution >= 0.6 is 0 Å². The number of allylic oxidation sites excluding steroid dienone is 2. The summed E-state index contributed by atoms with van der Waals surface area (Å²) in [4.78, 5) is 9.38. The molecule has 0 bridgehead atoms. The molecule has 2 heterocycles. The number of fused-ring (bicyclic) bond motifs is 3. The number of para-hydroxylation sites is 1. The molecule has 4 aromatic rings. The molecule has 2 aromatic heterocycles. The maximum absolute atomic E-state index is 9.91. The van der Waals surface area contributed by atoms with Crippen molar-refractivity contribution in [2.75, 3.05) is 12.8 Å². The van der Waals surface area contributed by atoms with Crippen LogP contribution < -0.4 is 10.5 Å². The number of rotatable bonds is 7. The number of nitrogen functional groups attached to an aromatic ring is 1. The number of methoxy groups -OCH3 is 1. The summed E-state index contributed by atoms with van der Waals surface area (Å²) in [6, 6.07) is 13.4. The number of anilines is 1. The van der Waals surface area contributed by atoms with Crippen LogP contribution in [-0.2, 0) is 13.0 Å². The van der Waals surface area contributed by atoms with Gasteiger partial charge in [0.1, 0.15) is 11.3 Å². The molecule has 0 aliphatic carbocycles. The van der Waals surface area contributed by atoms with Crippen LogP contribution in [0, 0.1) is 0 Å². The number of aromatic hydroxyl groups is 1. The predicted octanol–water partition coefficient (Wildman–Crippen LogP) is 6.66. The highest BCUT2D eigenvalue weighted by Crippen LogP contribution is 2.31. The van der Waals surface area contributed by atoms with Gasteiger partial charge < -0.3 is 20.1 Å². The van der Waals surface area contributed by atoms with Gasteiger partial charge in [0.25, 0.3) is 0 Å². The Hall–Kier alpha value is -3.80. The normalized spacial score (nSPS) is 10.1. The van der Waals surface area contributed by atoms with Crippen molar-refractivity contribution in [2.45, 2.75) is 46.6 Å². The number of ether oxygens (including phenoxy) is 1. The van der Waals surface area contributed by atoms with Crippen molar-refractivity contribution < 1.29 is 9.84 Å². The zero-order valence-electron chi connectivity index (χ0n) is 20.7. The van der Waals surface area contributed by atoms with Crippen molar-refractivity contribution in [3.63, 3.8) is 0 Å². The predicted molar refractivity (Wildman–Crippen MR) is 144 cm³/mol. The third kappa shape index (κ3) is 5.95. The Labute approximate surface area is 202 Å². The first-order chi connectivity index (χ1) is 16.5. The van der Waals surface area contributed by atoms with Gasteiger partial charge in [-0.25, -0.2) is 9.97 Å². The number of pyridine rings is 1. The number of nitrogens with two attached hydrogens (primary N) is 1. The zero-order chi connectivity index (χ0) is 25.1. The van der Waals surface area contributed by atoms with Crippen LogP contribution in [0.2, 0.25) is 0 Å². The Morgan fingerprint density at radius 3 is 2.44 bits per heavy atom. The fourth-order valence-corrected chi connectivity index (χ4v) is 3.60. The number of hydrogen-bond acceptors (Lipinski definition) is 5. The maximum Gasteiger partial charge on any atom is 0.160 e. The van der Waals surface area contributed by atoms with E-state index in [1.165, 1.54) is 0 Å². The lowest BCUT2D eigenvalue weighted by Gasteiger charge is -2.12. The van der Waals surface area contributed by atoms with Crippen molar-refractivity contribution in [1.82, 2.24) is 14.5 Å². The van der Waals surface area contributed by atoms with Gasteiger partial charge in [0.15, 0.2) is 17.3 Å². The molecule has 4 rings (SSSR count). The van der Waals surface area contributed by atoms with E-state index >= 15 is 0 Å². The minimum absolute atomic E-state index is 0.131. The summed E-state index contributed by atoms with van der Waals surface area (Å²) in [6.07, 6.45) is 6.28. The van der Waals surface area contributed by atoms with Crippen LogP contribution in [0.15, 0.2) is 67.8 Å². The van der Waals surface area contributed by atoms with Crippen molar-refractivity contribution in [3.8, 4) is 11.5 Å². The number of nitrogens with zero attached hydrogens (tertiary/aromatic N) is 3. The van der Waals surface area contributed by atoms with Crippen LogP contribution in [0.4, 0.5) is 5.82 Å². The van der Waals surface area contributed by atoms with E-state index in [4.69, 9.17) is 15.5 Å². The lowest BCUT2D eigenvalue weighted by molar-refractivity contribution is 0.373. The van der Waals surface area contributed by atoms with Crippen molar-refractivity contribution in [3.05, 3.63) is 79.2 Å². The summed E-state index contributed by atoms with van der Waals surface area (Å²) in [5.74, 6) is 2.04. The van der Waals surface area contributed by atoms with Gasteiger partial charge in [0, 0.05) is 18.4 Å². The summed E-state index contributed by atoms with van der Waals surface area (Å²) < 4.78 is 7.49. The fourth-order valence-electron chi connectivity index (χ4n) is 3.60. The van der Waals surface area contributed by atoms with Crippen molar-refractivity contribution in [1.29, 1.82) is 0 Å². The molecule has 0 saturated carbocycles. The average Bonchev–Trinajstić information content (AvgIpc) is 3.24. The molecule has 34 heavy (non-hydrogen) atoms. The number of phenols is 1. The highest BCUT2D eigenvalue weighted by Gasteiger charge is 2.17. The van der Waals surface area contributed by atoms with Gasteiger partial charge in [-0.15, -0.1) is 0 Å². The lowest BCUT2D eigenvalue weighted by Crippen LogP contribution is -2.06. The van der Waals surface area contributed by atoms with E-state index in [2.05, 4.69) is 35.7 Å². The molecule has 2 aromatic carbocycles. The molecule has 0 fully saturated rings. The van der Waals surface area contributed by atoms with Gasteiger partial charge in [-0.3, -0.25) is 0 Å². The summed E-state index contributed by atoms with van der Waals surface area (Å²) in [6.45, 7) is 13.5. The first-order valence-corrected chi connectivity index (χ1v) is 11.7. The minimum Gasteiger partial charge on any atom is -0.504 e. The van der Waals surface area contributed by atoms with Gasteiger partial charge in [-0.05, 0) is 30.2 Å². The monoisotopic (exact) mass is 460 g/mol. The van der Waals surface area contributed by atoms with Crippen LogP contribution in [0.25, 0.3) is 21.9 Å². The molecular weight excluding hydrogens is 424 g/mol. The van der Waals surface area contributed by atoms with Crippen LogP contribution in [-0.4, -0.2) is 26.8 Å². The molecule has 0 unspecified atom stereocenters. The molecular formula is C28H36N4O2. The molecule has 0 atom stereocenters. The number of phenolic OH excluding ortho intramolecular Hbond substituents is 1. The van der Waals surface area contributed by atoms with Crippen LogP contribution in [0.3, 0.4) is 0 Å². The molecule has 0 radical (unpaired) electrons. The Bertz CT molecular complexity index is 1240. The van der Waals surface area contributed by atoms with Gasteiger partial charge in [0.05, 0.1) is 18.1 Å². The van der Waals surface area contributed by atoms with E-state index in [0.717, 1.165) is 52.6 Å². The Kier molecular flexibility index (Phi) is 10.1. The first kappa shape index (κ1) is 26.5. The second-order valence-electron chi connectivity index (χ2n) is 7.41. The second kappa shape index (κ2) is 13.0. The standard InChI is InChI=1S/C22H24N4O2.C4H6.C2H6/c1-3-4-9-19-25-20-21(15-7-5-6-8-16(15)24-22(20)23)26(19)13-14-10-11-17(27)18(12-14)28-2;1-3-4-2;1-2/h5-8,10-12,27H,3-4,9,13H2,1-2H3,(H2,23,24);3-4H,1-2H2;1-2H3. The number of aryl methyl sites for hydroxylation is 1. The molecule has 6 heteroatoms. The SMILES string of the molecule is C=CC=C.CC.CCCCc1nc2c(N)nc3ccccc3c2n1Cc1ccc(O)c(OC)c1. The highest BCUT2D eigenvalue weighted by molar-refractivity contribution is 6.06. The molecule has 6 nitrogen and oxygen atoms in total. The maximum atomic E-state index is 9.91. The first-order valence-electron chi connectivity index (χ1n) is 11.7. The molecule has 0 amide bonds. The molecule has 0 saturated heterocycles. The molecule has 0 aliphatic heterocycles. The number of benzene rings is 2. The van der Waals surface area contributed by atoms with E-state index < -0.39 is 0 Å². The number of hydrogen-bond donors (Lipinski definition) is 2. The summed E-state index contributed by atoms with van der Waals surface area (Å²) in [7, 11) is 1.55. The number of aromatic nitrogens is 3. The smallest absolute Gasteiger partial charge is 0.160 e. The molecule has 180 valence electrons. The minimum atomic E-state index is 0.131. The topological polar surface area (TPSA) is 86.2 Å². The Morgan fingerprint density at radius 2 is 1.79 bits per heavy atom. The Morgan fingerprint density at radius 1 is 1.09 bits per heavy atom. The van der Waals surface area contributed by atoms with Gasteiger partial charge in [-0.2, -0.15) is 0 Å². The quantitative estimate of drug-likeness (QED) is 0.301. The fraction of sp³-hybridized carbons (Fsp3) is 0.286. The third-order valence-corrected chi connectivity index (χ3v) is 5.19. The Balaban J connectivity index is 0.000000618. The van der Waals surface area contributed by atoms with E-state index in [1.54, 1.807) is 25.3 Å². The second-order valence-corrected chi connectivity index (χ2v) is 7.41. The van der Waals surface area contributed by atoms with Gasteiger partial charge >= 0.3 is 0 Å². The lowest BCUT2D eigenvalue weighted by atomic mass is 10.1. The largest absolute Gasteiger partial charge is 0.504 e. The highest BCUT2D eigenvalue weighted by atomic mass is 16.5. The van der Waals surface area contributed by atoms with Crippen molar-refractivity contribution >= 4 is 27.8 Å². The average molecular weight is 461 g/mol. The third-order valence-electron chi connectivity index (χ3n) is 5.19. The molecule has 0 spiro atoms. The zero-order valence-corrected chi connectivity index (χ0v) is 20.7. The molecule has 3 N–H and O–H groups in total. The van der Waals surface area contributed by atoms with Crippen LogP contribution in [0.1, 0.15) is 45.0 Å². The van der Waals surface area contributed by atoms with E-state index in [-0.39, 0.29) is 5.75 Å². The summed E-state index contributed by atoms with van der Waals surface area (Å²) >= 11 is 0. The van der Waals surface area contributed by atoms with Gasteiger partial charge in [-0.1, -0.05) is 76.8 Å². The summed E-state index contributed by atoms with van der Waals surface area (Å²) in [5.41, 5.74) is 9.88. The summed E-state index contributed by atoms with van der Waals surface area (Å²) in [5, 5.41) is 10.9. The number of unbranched alkanes of at least 4 members (excludes halogenated alkanes) is 1. The van der Waals surface area contributed by atoms with Gasteiger partial charge in [0.2, 0.25) is 0 Å². The molecule has 0 aliphatic rings. The van der Waals surface area contributed by atoms with Crippen molar-refractivity contribution in [2.24, 2.45) is 0 Å². The number of imidazole rings is 1. The van der Waals surface area contributed by atoms with E-state index in [0.29, 0.717) is 18.1 Å². The van der Waals surface area contributed by atoms with E-state index in [1.807, 2.05) is 44.2 Å².